The summed E-state index contributed by atoms with van der Waals surface area (Å²) in [7, 11) is -2.83. The van der Waals surface area contributed by atoms with Gasteiger partial charge >= 0.3 is 12.0 Å². The SMILES string of the molecule is COC(=O)C1=C(CS(=O)(=O)c2ccccc2Cl)NC(=O)N[C@H]1c1ccc(O)cc1. The number of carbonyl (C=O) groups excluding carboxylic acids is 2. The van der Waals surface area contributed by atoms with Gasteiger partial charge in [-0.25, -0.2) is 18.0 Å². The minimum absolute atomic E-state index is 0.000806. The summed E-state index contributed by atoms with van der Waals surface area (Å²) in [6, 6.07) is 10.0. The van der Waals surface area contributed by atoms with Gasteiger partial charge in [0, 0.05) is 5.70 Å². The van der Waals surface area contributed by atoms with Gasteiger partial charge in [-0.05, 0) is 29.8 Å². The molecule has 8 nitrogen and oxygen atoms in total. The van der Waals surface area contributed by atoms with Crippen molar-refractivity contribution in [2.45, 2.75) is 10.9 Å². The second-order valence-electron chi connectivity index (χ2n) is 6.20. The van der Waals surface area contributed by atoms with Gasteiger partial charge in [-0.3, -0.25) is 0 Å². The fourth-order valence-electron chi connectivity index (χ4n) is 2.96. The summed E-state index contributed by atoms with van der Waals surface area (Å²) in [5.41, 5.74) is 0.290. The molecule has 0 saturated carbocycles. The number of amides is 2. The Bertz CT molecular complexity index is 1100. The molecule has 0 unspecified atom stereocenters. The molecule has 2 aromatic carbocycles. The number of sulfone groups is 1. The van der Waals surface area contributed by atoms with Gasteiger partial charge in [0.2, 0.25) is 0 Å². The van der Waals surface area contributed by atoms with E-state index in [0.717, 1.165) is 7.11 Å². The Morgan fingerprint density at radius 1 is 1.17 bits per heavy atom. The normalized spacial score (nSPS) is 16.8. The van der Waals surface area contributed by atoms with Crippen LogP contribution in [0.3, 0.4) is 0 Å². The number of aromatic hydroxyl groups is 1. The summed E-state index contributed by atoms with van der Waals surface area (Å²) in [4.78, 5) is 24.6. The lowest BCUT2D eigenvalue weighted by Crippen LogP contribution is -2.47. The highest BCUT2D eigenvalue weighted by molar-refractivity contribution is 7.91. The maximum Gasteiger partial charge on any atom is 0.338 e. The number of ether oxygens (including phenoxy) is 1. The molecule has 152 valence electrons. The molecule has 2 amide bonds. The molecule has 0 aliphatic carbocycles. The van der Waals surface area contributed by atoms with Crippen LogP contribution in [0, 0.1) is 0 Å². The standard InChI is InChI=1S/C19H17ClN2O6S/c1-28-18(24)16-14(10-29(26,27)15-5-3-2-4-13(15)20)21-19(25)22-17(16)11-6-8-12(23)9-7-11/h2-9,17,23H,10H2,1H3,(H2,21,22,25)/t17-/m0/s1. The molecule has 3 N–H and O–H groups in total. The maximum atomic E-state index is 12.9. The zero-order chi connectivity index (χ0) is 21.2. The summed E-state index contributed by atoms with van der Waals surface area (Å²) in [5.74, 6) is -1.47. The number of hydrogen-bond donors (Lipinski definition) is 3. The number of rotatable bonds is 5. The first-order valence-electron chi connectivity index (χ1n) is 8.38. The third kappa shape index (κ3) is 4.36. The zero-order valence-electron chi connectivity index (χ0n) is 15.2. The lowest BCUT2D eigenvalue weighted by Gasteiger charge is -2.29. The summed E-state index contributed by atoms with van der Waals surface area (Å²) < 4.78 is 30.6. The quantitative estimate of drug-likeness (QED) is 0.618. The number of esters is 1. The van der Waals surface area contributed by atoms with Gasteiger partial charge in [0.25, 0.3) is 0 Å². The molecule has 0 bridgehead atoms. The highest BCUT2D eigenvalue weighted by Gasteiger charge is 2.35. The monoisotopic (exact) mass is 436 g/mol. The number of phenols is 1. The van der Waals surface area contributed by atoms with E-state index in [0.29, 0.717) is 5.56 Å². The first-order valence-corrected chi connectivity index (χ1v) is 10.4. The van der Waals surface area contributed by atoms with Crippen molar-refractivity contribution < 1.29 is 27.9 Å². The van der Waals surface area contributed by atoms with Crippen molar-refractivity contribution in [3.05, 3.63) is 70.4 Å². The summed E-state index contributed by atoms with van der Waals surface area (Å²) in [5, 5.41) is 14.5. The highest BCUT2D eigenvalue weighted by atomic mass is 35.5. The van der Waals surface area contributed by atoms with Gasteiger partial charge in [-0.2, -0.15) is 0 Å². The van der Waals surface area contributed by atoms with Crippen LogP contribution >= 0.6 is 11.6 Å². The molecule has 1 atom stereocenters. The molecule has 29 heavy (non-hydrogen) atoms. The van der Waals surface area contributed by atoms with E-state index in [2.05, 4.69) is 10.6 Å². The average Bonchev–Trinajstić information content (AvgIpc) is 2.67. The zero-order valence-corrected chi connectivity index (χ0v) is 16.8. The molecule has 0 radical (unpaired) electrons. The van der Waals surface area contributed by atoms with Crippen molar-refractivity contribution in [3.8, 4) is 5.75 Å². The van der Waals surface area contributed by atoms with Crippen molar-refractivity contribution in [1.82, 2.24) is 10.6 Å². The molecule has 0 spiro atoms. The lowest BCUT2D eigenvalue weighted by atomic mass is 9.95. The number of carbonyl (C=O) groups is 2. The Balaban J connectivity index is 2.11. The fraction of sp³-hybridized carbons (Fsp3) is 0.158. The van der Waals surface area contributed by atoms with E-state index >= 15 is 0 Å². The van der Waals surface area contributed by atoms with E-state index in [-0.39, 0.29) is 26.9 Å². The van der Waals surface area contributed by atoms with Crippen LogP contribution in [0.5, 0.6) is 5.75 Å². The highest BCUT2D eigenvalue weighted by Crippen LogP contribution is 2.31. The van der Waals surface area contributed by atoms with Crippen LogP contribution in [0.25, 0.3) is 0 Å². The number of methoxy groups -OCH3 is 1. The largest absolute Gasteiger partial charge is 0.508 e. The topological polar surface area (TPSA) is 122 Å². The van der Waals surface area contributed by atoms with Crippen LogP contribution in [0.2, 0.25) is 5.02 Å². The molecule has 2 aromatic rings. The van der Waals surface area contributed by atoms with Crippen LogP contribution in [0.4, 0.5) is 4.79 Å². The van der Waals surface area contributed by atoms with Gasteiger partial charge in [0.05, 0.1) is 34.4 Å². The van der Waals surface area contributed by atoms with Gasteiger partial charge < -0.3 is 20.5 Å². The molecule has 1 heterocycles. The minimum atomic E-state index is -3.98. The predicted octanol–water partition coefficient (Wildman–Crippen LogP) is 2.30. The number of nitrogens with one attached hydrogen (secondary N) is 2. The van der Waals surface area contributed by atoms with Crippen LogP contribution < -0.4 is 10.6 Å². The van der Waals surface area contributed by atoms with Gasteiger partial charge in [0.1, 0.15) is 5.75 Å². The number of halogens is 1. The average molecular weight is 437 g/mol. The van der Waals surface area contributed by atoms with Crippen LogP contribution in [-0.2, 0) is 19.4 Å². The molecule has 0 aromatic heterocycles. The first-order chi connectivity index (χ1) is 13.7. The predicted molar refractivity (Wildman–Crippen MR) is 105 cm³/mol. The van der Waals surface area contributed by atoms with Gasteiger partial charge in [0.15, 0.2) is 9.84 Å². The van der Waals surface area contributed by atoms with E-state index < -0.39 is 33.6 Å². The minimum Gasteiger partial charge on any atom is -0.508 e. The van der Waals surface area contributed by atoms with E-state index in [9.17, 15) is 23.1 Å². The van der Waals surface area contributed by atoms with Crippen LogP contribution in [-0.4, -0.2) is 38.4 Å². The van der Waals surface area contributed by atoms with Crippen LogP contribution in [0.15, 0.2) is 64.7 Å². The molecule has 0 saturated heterocycles. The molecule has 3 rings (SSSR count). The van der Waals surface area contributed by atoms with E-state index in [1.807, 2.05) is 0 Å². The summed E-state index contributed by atoms with van der Waals surface area (Å²) in [6.07, 6.45) is 0. The second kappa shape index (κ2) is 8.14. The van der Waals surface area contributed by atoms with Crippen molar-refractivity contribution in [2.24, 2.45) is 0 Å². The number of urea groups is 1. The maximum absolute atomic E-state index is 12.9. The van der Waals surface area contributed by atoms with E-state index in [4.69, 9.17) is 16.3 Å². The fourth-order valence-corrected chi connectivity index (χ4v) is 4.87. The first kappa shape index (κ1) is 20.7. The lowest BCUT2D eigenvalue weighted by molar-refractivity contribution is -0.136. The Kier molecular flexibility index (Phi) is 5.81. The van der Waals surface area contributed by atoms with E-state index in [1.165, 1.54) is 42.5 Å². The Hall–Kier alpha value is -3.04. The molecule has 0 fully saturated rings. The Labute approximate surface area is 172 Å². The molecular formula is C19H17ClN2O6S. The van der Waals surface area contributed by atoms with Gasteiger partial charge in [-0.1, -0.05) is 35.9 Å². The molecular weight excluding hydrogens is 420 g/mol. The van der Waals surface area contributed by atoms with Crippen LogP contribution in [0.1, 0.15) is 11.6 Å². The second-order valence-corrected chi connectivity index (χ2v) is 8.56. The van der Waals surface area contributed by atoms with Crippen molar-refractivity contribution in [1.29, 1.82) is 0 Å². The van der Waals surface area contributed by atoms with E-state index in [1.54, 1.807) is 6.07 Å². The number of phenolic OH excluding ortho intramolecular Hbond substituents is 1. The number of hydrogen-bond acceptors (Lipinski definition) is 6. The summed E-state index contributed by atoms with van der Waals surface area (Å²) in [6.45, 7) is 0. The molecule has 1 aliphatic rings. The molecule has 1 aliphatic heterocycles. The third-order valence-electron chi connectivity index (χ3n) is 4.29. The van der Waals surface area contributed by atoms with Crippen molar-refractivity contribution >= 4 is 33.4 Å². The smallest absolute Gasteiger partial charge is 0.338 e. The van der Waals surface area contributed by atoms with Crippen molar-refractivity contribution in [3.63, 3.8) is 0 Å². The van der Waals surface area contributed by atoms with Gasteiger partial charge in [-0.15, -0.1) is 0 Å². The Morgan fingerprint density at radius 2 is 1.83 bits per heavy atom. The number of benzene rings is 2. The Morgan fingerprint density at radius 3 is 2.45 bits per heavy atom. The molecule has 10 heteroatoms. The third-order valence-corrected chi connectivity index (χ3v) is 6.43. The van der Waals surface area contributed by atoms with Crippen molar-refractivity contribution in [2.75, 3.05) is 12.9 Å². The summed E-state index contributed by atoms with van der Waals surface area (Å²) >= 11 is 6.01.